The van der Waals surface area contributed by atoms with Crippen LogP contribution in [0.15, 0.2) is 22.8 Å². The summed E-state index contributed by atoms with van der Waals surface area (Å²) in [5.41, 5.74) is 0.884. The highest BCUT2D eigenvalue weighted by atomic mass is 79.9. The molecule has 1 N–H and O–H groups in total. The Morgan fingerprint density at radius 1 is 1.61 bits per heavy atom. The second kappa shape index (κ2) is 6.95. The van der Waals surface area contributed by atoms with Crippen LogP contribution in [0.2, 0.25) is 0 Å². The molecule has 0 atom stereocenters. The molecule has 18 heavy (non-hydrogen) atoms. The quantitative estimate of drug-likeness (QED) is 0.644. The Morgan fingerprint density at radius 3 is 2.89 bits per heavy atom. The number of esters is 1. The van der Waals surface area contributed by atoms with Gasteiger partial charge in [0.1, 0.15) is 6.54 Å². The molecule has 1 amide bonds. The van der Waals surface area contributed by atoms with Crippen molar-refractivity contribution in [2.24, 2.45) is 0 Å². The highest BCUT2D eigenvalue weighted by Gasteiger charge is 2.07. The third-order valence-electron chi connectivity index (χ3n) is 2.21. The molecule has 0 aliphatic heterocycles. The normalized spacial score (nSPS) is 10.6. The summed E-state index contributed by atoms with van der Waals surface area (Å²) < 4.78 is 6.86. The van der Waals surface area contributed by atoms with Gasteiger partial charge in [0.2, 0.25) is 5.91 Å². The highest BCUT2D eigenvalue weighted by molar-refractivity contribution is 9.10. The summed E-state index contributed by atoms with van der Waals surface area (Å²) >= 11 is 3.32. The van der Waals surface area contributed by atoms with Gasteiger partial charge in [-0.25, -0.2) is 4.79 Å². The molecule has 1 rings (SSSR count). The van der Waals surface area contributed by atoms with E-state index in [0.29, 0.717) is 0 Å². The monoisotopic (exact) mass is 315 g/mol. The van der Waals surface area contributed by atoms with Crippen LogP contribution in [0.25, 0.3) is 0 Å². The van der Waals surface area contributed by atoms with E-state index in [9.17, 15) is 9.59 Å². The van der Waals surface area contributed by atoms with E-state index in [1.807, 2.05) is 6.92 Å². The number of hydrogen-bond acceptors (Lipinski definition) is 4. The van der Waals surface area contributed by atoms with Gasteiger partial charge in [0.15, 0.2) is 0 Å². The van der Waals surface area contributed by atoms with Gasteiger partial charge in [0, 0.05) is 12.6 Å². The predicted octanol–water partition coefficient (Wildman–Crippen LogP) is 0.799. The molecule has 0 aliphatic carbocycles. The fraction of sp³-hybridized carbons (Fsp3) is 0.364. The number of nitrogens with zero attached hydrogens (tertiary/aromatic N) is 2. The number of methoxy groups -OCH3 is 1. The van der Waals surface area contributed by atoms with Gasteiger partial charge in [-0.2, -0.15) is 5.10 Å². The van der Waals surface area contributed by atoms with Gasteiger partial charge < -0.3 is 10.1 Å². The molecule has 0 radical (unpaired) electrons. The average Bonchev–Trinajstić information content (AvgIpc) is 2.66. The number of carbonyl (C=O) groups excluding carboxylic acids is 2. The van der Waals surface area contributed by atoms with Crippen LogP contribution in [-0.2, 0) is 20.9 Å². The van der Waals surface area contributed by atoms with Crippen molar-refractivity contribution in [1.82, 2.24) is 15.1 Å². The lowest BCUT2D eigenvalue weighted by Crippen LogP contribution is -2.28. The number of nitrogens with one attached hydrogen (secondary N) is 1. The van der Waals surface area contributed by atoms with Crippen LogP contribution in [0.3, 0.4) is 0 Å². The van der Waals surface area contributed by atoms with Gasteiger partial charge in [-0.3, -0.25) is 9.48 Å². The Hall–Kier alpha value is -1.63. The van der Waals surface area contributed by atoms with Crippen LogP contribution in [0, 0.1) is 6.92 Å². The van der Waals surface area contributed by atoms with Crippen LogP contribution < -0.4 is 5.32 Å². The molecule has 1 heterocycles. The molecule has 0 spiro atoms. The van der Waals surface area contributed by atoms with Crippen LogP contribution in [0.5, 0.6) is 0 Å². The first-order valence-electron chi connectivity index (χ1n) is 5.23. The first kappa shape index (κ1) is 14.4. The van der Waals surface area contributed by atoms with Crippen LogP contribution in [0.4, 0.5) is 0 Å². The van der Waals surface area contributed by atoms with E-state index in [0.717, 1.165) is 10.2 Å². The summed E-state index contributed by atoms with van der Waals surface area (Å²) in [4.78, 5) is 22.3. The largest absolute Gasteiger partial charge is 0.466 e. The van der Waals surface area contributed by atoms with Crippen molar-refractivity contribution in [2.45, 2.75) is 13.5 Å². The summed E-state index contributed by atoms with van der Waals surface area (Å²) in [5, 5.41) is 6.68. The van der Waals surface area contributed by atoms with Crippen molar-refractivity contribution in [3.63, 3.8) is 0 Å². The molecule has 0 bridgehead atoms. The first-order valence-corrected chi connectivity index (χ1v) is 6.03. The van der Waals surface area contributed by atoms with Crippen molar-refractivity contribution in [3.05, 3.63) is 28.5 Å². The number of hydrogen-bond donors (Lipinski definition) is 1. The molecule has 0 aromatic carbocycles. The van der Waals surface area contributed by atoms with Gasteiger partial charge in [-0.05, 0) is 22.9 Å². The maximum absolute atomic E-state index is 11.6. The van der Waals surface area contributed by atoms with Crippen LogP contribution in [-0.4, -0.2) is 35.3 Å². The number of carbonyl (C=O) groups is 2. The van der Waals surface area contributed by atoms with E-state index in [4.69, 9.17) is 0 Å². The molecule has 6 nitrogen and oxygen atoms in total. The topological polar surface area (TPSA) is 73.2 Å². The number of aromatic nitrogens is 2. The maximum atomic E-state index is 11.6. The lowest BCUT2D eigenvalue weighted by Gasteiger charge is -2.04. The molecule has 7 heteroatoms. The van der Waals surface area contributed by atoms with Gasteiger partial charge in [-0.15, -0.1) is 0 Å². The zero-order chi connectivity index (χ0) is 13.5. The molecule has 98 valence electrons. The van der Waals surface area contributed by atoms with Crippen LogP contribution in [0.1, 0.15) is 5.69 Å². The Labute approximate surface area is 113 Å². The molecule has 1 aromatic rings. The van der Waals surface area contributed by atoms with Crippen molar-refractivity contribution < 1.29 is 14.3 Å². The molecular formula is C11H14BrN3O3. The van der Waals surface area contributed by atoms with Crippen molar-refractivity contribution >= 4 is 27.8 Å². The van der Waals surface area contributed by atoms with Gasteiger partial charge in [0.25, 0.3) is 0 Å². The van der Waals surface area contributed by atoms with E-state index in [-0.39, 0.29) is 19.0 Å². The fourth-order valence-electron chi connectivity index (χ4n) is 1.17. The molecule has 0 fully saturated rings. The summed E-state index contributed by atoms with van der Waals surface area (Å²) in [6.07, 6.45) is 4.42. The lowest BCUT2D eigenvalue weighted by atomic mass is 10.4. The highest BCUT2D eigenvalue weighted by Crippen LogP contribution is 2.13. The Balaban J connectivity index is 2.37. The second-order valence-electron chi connectivity index (χ2n) is 3.47. The lowest BCUT2D eigenvalue weighted by molar-refractivity contribution is -0.134. The SMILES string of the molecule is COC(=O)/C=C/CNC(=O)Cn1ncc(Br)c1C. The Kier molecular flexibility index (Phi) is 5.57. The van der Waals surface area contributed by atoms with E-state index in [1.165, 1.54) is 19.3 Å². The molecule has 0 saturated heterocycles. The third-order valence-corrected chi connectivity index (χ3v) is 2.99. The Morgan fingerprint density at radius 2 is 2.33 bits per heavy atom. The molecular weight excluding hydrogens is 302 g/mol. The first-order chi connectivity index (χ1) is 8.54. The second-order valence-corrected chi connectivity index (χ2v) is 4.32. The maximum Gasteiger partial charge on any atom is 0.330 e. The van der Waals surface area contributed by atoms with Gasteiger partial charge in [0.05, 0.1) is 23.5 Å². The minimum atomic E-state index is -0.448. The smallest absolute Gasteiger partial charge is 0.330 e. The fourth-order valence-corrected chi connectivity index (χ4v) is 1.47. The Bertz CT molecular complexity index is 468. The molecule has 0 unspecified atom stereocenters. The summed E-state index contributed by atoms with van der Waals surface area (Å²) in [6.45, 7) is 2.28. The molecule has 1 aromatic heterocycles. The molecule has 0 saturated carbocycles. The zero-order valence-electron chi connectivity index (χ0n) is 10.1. The minimum absolute atomic E-state index is 0.142. The number of halogens is 1. The van der Waals surface area contributed by atoms with E-state index < -0.39 is 5.97 Å². The number of rotatable bonds is 5. The molecule has 0 aliphatic rings. The summed E-state index contributed by atoms with van der Waals surface area (Å²) in [5.74, 6) is -0.626. The minimum Gasteiger partial charge on any atom is -0.466 e. The standard InChI is InChI=1S/C11H14BrN3O3/c1-8-9(12)6-14-15(8)7-10(16)13-5-3-4-11(17)18-2/h3-4,6H,5,7H2,1-2H3,(H,13,16)/b4-3+. The van der Waals surface area contributed by atoms with E-state index in [2.05, 4.69) is 31.1 Å². The van der Waals surface area contributed by atoms with Gasteiger partial charge in [-0.1, -0.05) is 6.08 Å². The van der Waals surface area contributed by atoms with E-state index in [1.54, 1.807) is 10.9 Å². The van der Waals surface area contributed by atoms with E-state index >= 15 is 0 Å². The average molecular weight is 316 g/mol. The zero-order valence-corrected chi connectivity index (χ0v) is 11.7. The predicted molar refractivity (Wildman–Crippen MR) is 68.8 cm³/mol. The van der Waals surface area contributed by atoms with Crippen molar-refractivity contribution in [2.75, 3.05) is 13.7 Å². The van der Waals surface area contributed by atoms with Gasteiger partial charge >= 0.3 is 5.97 Å². The summed E-state index contributed by atoms with van der Waals surface area (Å²) in [7, 11) is 1.30. The number of amides is 1. The summed E-state index contributed by atoms with van der Waals surface area (Å²) in [6, 6.07) is 0. The third kappa shape index (κ3) is 4.33. The number of ether oxygens (including phenoxy) is 1. The van der Waals surface area contributed by atoms with Crippen molar-refractivity contribution in [3.8, 4) is 0 Å². The van der Waals surface area contributed by atoms with Crippen LogP contribution >= 0.6 is 15.9 Å². The van der Waals surface area contributed by atoms with Crippen molar-refractivity contribution in [1.29, 1.82) is 0 Å².